The van der Waals surface area contributed by atoms with E-state index in [1.54, 1.807) is 0 Å². The lowest BCUT2D eigenvalue weighted by atomic mass is 10.0. The molecular weight excluding hydrogens is 254 g/mol. The van der Waals surface area contributed by atoms with Gasteiger partial charge in [-0.15, -0.1) is 0 Å². The van der Waals surface area contributed by atoms with Crippen molar-refractivity contribution in [3.8, 4) is 0 Å². The molecule has 0 spiro atoms. The van der Waals surface area contributed by atoms with Gasteiger partial charge in [0.2, 0.25) is 5.91 Å². The van der Waals surface area contributed by atoms with Crippen LogP contribution < -0.4 is 5.32 Å². The van der Waals surface area contributed by atoms with Gasteiger partial charge in [0.1, 0.15) is 5.25 Å². The van der Waals surface area contributed by atoms with Gasteiger partial charge in [-0.3, -0.25) is 4.79 Å². The second kappa shape index (κ2) is 5.17. The van der Waals surface area contributed by atoms with Crippen LogP contribution in [0.3, 0.4) is 0 Å². The van der Waals surface area contributed by atoms with E-state index in [9.17, 15) is 18.3 Å². The van der Waals surface area contributed by atoms with Crippen LogP contribution >= 0.6 is 0 Å². The predicted octanol–water partition coefficient (Wildman–Crippen LogP) is 0.375. The van der Waals surface area contributed by atoms with Crippen molar-refractivity contribution in [3.05, 3.63) is 0 Å². The molecule has 0 bridgehead atoms. The van der Waals surface area contributed by atoms with Crippen LogP contribution in [0.5, 0.6) is 0 Å². The van der Waals surface area contributed by atoms with E-state index < -0.39 is 26.6 Å². The molecule has 1 atom stereocenters. The van der Waals surface area contributed by atoms with Crippen molar-refractivity contribution < 1.29 is 18.3 Å². The minimum absolute atomic E-state index is 0.107. The third-order valence-corrected chi connectivity index (χ3v) is 6.17. The predicted molar refractivity (Wildman–Crippen MR) is 67.9 cm³/mol. The van der Waals surface area contributed by atoms with E-state index in [-0.39, 0.29) is 12.3 Å². The monoisotopic (exact) mass is 275 g/mol. The maximum absolute atomic E-state index is 11.9. The van der Waals surface area contributed by atoms with Crippen LogP contribution in [0.2, 0.25) is 0 Å². The Morgan fingerprint density at radius 3 is 2.50 bits per heavy atom. The molecule has 1 amide bonds. The Kier molecular flexibility index (Phi) is 3.96. The normalized spacial score (nSPS) is 29.9. The van der Waals surface area contributed by atoms with Gasteiger partial charge in [0.15, 0.2) is 9.84 Å². The maximum Gasteiger partial charge on any atom is 0.238 e. The summed E-state index contributed by atoms with van der Waals surface area (Å²) >= 11 is 0. The molecule has 2 N–H and O–H groups in total. The van der Waals surface area contributed by atoms with Crippen LogP contribution in [0, 0.1) is 0 Å². The number of carbonyl (C=O) groups excluding carboxylic acids is 1. The quantitative estimate of drug-likeness (QED) is 0.779. The molecule has 0 aromatic heterocycles. The van der Waals surface area contributed by atoms with Gasteiger partial charge in [-0.1, -0.05) is 19.3 Å². The van der Waals surface area contributed by atoms with Crippen LogP contribution in [0.4, 0.5) is 0 Å². The highest BCUT2D eigenvalue weighted by Crippen LogP contribution is 2.28. The molecule has 1 aliphatic heterocycles. The lowest BCUT2D eigenvalue weighted by molar-refractivity contribution is -0.122. The van der Waals surface area contributed by atoms with Gasteiger partial charge in [-0.2, -0.15) is 0 Å². The summed E-state index contributed by atoms with van der Waals surface area (Å²) in [7, 11) is -3.28. The van der Waals surface area contributed by atoms with E-state index in [2.05, 4.69) is 5.32 Å². The van der Waals surface area contributed by atoms with E-state index in [1.165, 1.54) is 0 Å². The summed E-state index contributed by atoms with van der Waals surface area (Å²) in [6, 6.07) is 0. The van der Waals surface area contributed by atoms with Crippen LogP contribution in [0.15, 0.2) is 0 Å². The molecule has 0 aromatic carbocycles. The maximum atomic E-state index is 11.9. The highest BCUT2D eigenvalue weighted by Gasteiger charge is 2.37. The minimum atomic E-state index is -3.28. The molecule has 6 heteroatoms. The zero-order valence-electron chi connectivity index (χ0n) is 10.5. The Balaban J connectivity index is 1.91. The molecule has 2 rings (SSSR count). The Labute approximate surface area is 108 Å². The number of aliphatic hydroxyl groups is 1. The lowest BCUT2D eigenvalue weighted by Gasteiger charge is -2.26. The fraction of sp³-hybridized carbons (Fsp3) is 0.917. The van der Waals surface area contributed by atoms with E-state index in [1.807, 2.05) is 0 Å². The van der Waals surface area contributed by atoms with Gasteiger partial charge in [0, 0.05) is 6.54 Å². The average molecular weight is 275 g/mol. The molecular formula is C12H21NO4S. The third kappa shape index (κ3) is 3.03. The first kappa shape index (κ1) is 13.8. The molecule has 1 heterocycles. The topological polar surface area (TPSA) is 83.5 Å². The zero-order valence-corrected chi connectivity index (χ0v) is 11.3. The number of hydrogen-bond acceptors (Lipinski definition) is 4. The smallest absolute Gasteiger partial charge is 0.238 e. The second-order valence-electron chi connectivity index (χ2n) is 5.50. The molecule has 104 valence electrons. The van der Waals surface area contributed by atoms with Crippen LogP contribution in [-0.2, 0) is 14.6 Å². The van der Waals surface area contributed by atoms with Crippen LogP contribution in [0.1, 0.15) is 44.9 Å². The molecule has 1 saturated carbocycles. The van der Waals surface area contributed by atoms with Crippen molar-refractivity contribution in [2.24, 2.45) is 0 Å². The second-order valence-corrected chi connectivity index (χ2v) is 7.80. The number of hydrogen-bond donors (Lipinski definition) is 2. The van der Waals surface area contributed by atoms with Gasteiger partial charge in [-0.05, 0) is 25.7 Å². The van der Waals surface area contributed by atoms with Crippen molar-refractivity contribution in [2.75, 3.05) is 12.3 Å². The fourth-order valence-electron chi connectivity index (χ4n) is 2.82. The molecule has 2 aliphatic rings. The highest BCUT2D eigenvalue weighted by molar-refractivity contribution is 7.92. The first-order valence-electron chi connectivity index (χ1n) is 6.65. The molecule has 2 fully saturated rings. The molecule has 0 aromatic rings. The van der Waals surface area contributed by atoms with E-state index >= 15 is 0 Å². The lowest BCUT2D eigenvalue weighted by Crippen LogP contribution is -2.48. The highest BCUT2D eigenvalue weighted by atomic mass is 32.2. The summed E-state index contributed by atoms with van der Waals surface area (Å²) in [5.41, 5.74) is -0.825. The molecule has 0 radical (unpaired) electrons. The average Bonchev–Trinajstić information content (AvgIpc) is 2.73. The van der Waals surface area contributed by atoms with Crippen molar-refractivity contribution in [1.29, 1.82) is 0 Å². The first-order valence-corrected chi connectivity index (χ1v) is 8.36. The number of carbonyl (C=O) groups is 1. The van der Waals surface area contributed by atoms with Gasteiger partial charge in [-0.25, -0.2) is 8.42 Å². The molecule has 1 aliphatic carbocycles. The summed E-state index contributed by atoms with van der Waals surface area (Å²) in [6.45, 7) is 0.178. The Hall–Kier alpha value is -0.620. The Morgan fingerprint density at radius 2 is 1.89 bits per heavy atom. The Morgan fingerprint density at radius 1 is 1.22 bits per heavy atom. The van der Waals surface area contributed by atoms with Crippen molar-refractivity contribution in [3.63, 3.8) is 0 Å². The summed E-state index contributed by atoms with van der Waals surface area (Å²) in [5, 5.41) is 11.8. The van der Waals surface area contributed by atoms with Gasteiger partial charge in [0.05, 0.1) is 11.4 Å². The third-order valence-electron chi connectivity index (χ3n) is 4.00. The largest absolute Gasteiger partial charge is 0.388 e. The Bertz CT molecular complexity index is 412. The van der Waals surface area contributed by atoms with Crippen LogP contribution in [0.25, 0.3) is 0 Å². The summed E-state index contributed by atoms with van der Waals surface area (Å²) < 4.78 is 23.6. The van der Waals surface area contributed by atoms with E-state index in [4.69, 9.17) is 0 Å². The number of rotatable bonds is 3. The van der Waals surface area contributed by atoms with E-state index in [0.29, 0.717) is 25.7 Å². The fourth-order valence-corrected chi connectivity index (χ4v) is 4.65. The molecule has 18 heavy (non-hydrogen) atoms. The van der Waals surface area contributed by atoms with Gasteiger partial charge >= 0.3 is 0 Å². The zero-order chi connectivity index (χ0) is 13.2. The molecule has 1 saturated heterocycles. The van der Waals surface area contributed by atoms with Gasteiger partial charge < -0.3 is 10.4 Å². The summed E-state index contributed by atoms with van der Waals surface area (Å²) in [5.74, 6) is -0.329. The standard InChI is InChI=1S/C12H21NO4S/c14-11(10-5-1-4-8-18(10,16)17)13-9-12(15)6-2-3-7-12/h10,15H,1-9H2,(H,13,14). The summed E-state index contributed by atoms with van der Waals surface area (Å²) in [6.07, 6.45) is 5.14. The minimum Gasteiger partial charge on any atom is -0.388 e. The van der Waals surface area contributed by atoms with Crippen LogP contribution in [-0.4, -0.2) is 42.6 Å². The first-order chi connectivity index (χ1) is 8.43. The molecule has 5 nitrogen and oxygen atoms in total. The number of sulfone groups is 1. The van der Waals surface area contributed by atoms with Gasteiger partial charge in [0.25, 0.3) is 0 Å². The number of amides is 1. The molecule has 1 unspecified atom stereocenters. The summed E-state index contributed by atoms with van der Waals surface area (Å²) in [4.78, 5) is 11.9. The number of nitrogens with one attached hydrogen (secondary N) is 1. The van der Waals surface area contributed by atoms with Crippen molar-refractivity contribution in [1.82, 2.24) is 5.32 Å². The van der Waals surface area contributed by atoms with E-state index in [0.717, 1.165) is 19.3 Å². The van der Waals surface area contributed by atoms with Crippen molar-refractivity contribution >= 4 is 15.7 Å². The van der Waals surface area contributed by atoms with Crippen molar-refractivity contribution in [2.45, 2.75) is 55.8 Å². The SMILES string of the molecule is O=C(NCC1(O)CCCC1)C1CCCCS1(=O)=O.